The molecule has 0 fully saturated rings. The lowest BCUT2D eigenvalue weighted by Gasteiger charge is -2.19. The first kappa shape index (κ1) is 17.3. The number of aliphatic hydroxyl groups is 1. The number of carbonyl (C=O) groups is 1. The molecule has 1 atom stereocenters. The van der Waals surface area contributed by atoms with E-state index in [0.717, 1.165) is 0 Å². The Balaban J connectivity index is 2.25. The van der Waals surface area contributed by atoms with E-state index in [1.807, 2.05) is 0 Å². The van der Waals surface area contributed by atoms with E-state index in [0.29, 0.717) is 22.9 Å². The number of aromatic nitrogens is 2. The first-order valence-corrected chi connectivity index (χ1v) is 6.99. The molecule has 1 heterocycles. The van der Waals surface area contributed by atoms with E-state index in [-0.39, 0.29) is 12.2 Å². The van der Waals surface area contributed by atoms with Gasteiger partial charge in [-0.25, -0.2) is 14.8 Å². The SMILES string of the molecule is Cc1cc(NCC(C)(O)C(=O)O)nc(-c2ccc([N+](=O)[O-])cc2)n1. The Morgan fingerprint density at radius 1 is 1.33 bits per heavy atom. The summed E-state index contributed by atoms with van der Waals surface area (Å²) >= 11 is 0. The molecule has 3 N–H and O–H groups in total. The van der Waals surface area contributed by atoms with E-state index in [1.54, 1.807) is 13.0 Å². The molecule has 9 heteroatoms. The van der Waals surface area contributed by atoms with Crippen LogP contribution in [0.3, 0.4) is 0 Å². The highest BCUT2D eigenvalue weighted by Crippen LogP contribution is 2.21. The third-order valence-corrected chi connectivity index (χ3v) is 3.26. The van der Waals surface area contributed by atoms with Crippen LogP contribution >= 0.6 is 0 Å². The van der Waals surface area contributed by atoms with E-state index in [4.69, 9.17) is 5.11 Å². The van der Waals surface area contributed by atoms with Gasteiger partial charge >= 0.3 is 5.97 Å². The molecule has 9 nitrogen and oxygen atoms in total. The van der Waals surface area contributed by atoms with Crippen molar-refractivity contribution < 1.29 is 19.9 Å². The van der Waals surface area contributed by atoms with Crippen molar-refractivity contribution >= 4 is 17.5 Å². The maximum atomic E-state index is 10.9. The van der Waals surface area contributed by atoms with Crippen LogP contribution < -0.4 is 5.32 Å². The molecule has 0 amide bonds. The summed E-state index contributed by atoms with van der Waals surface area (Å²) in [4.78, 5) is 29.6. The topological polar surface area (TPSA) is 138 Å². The fourth-order valence-electron chi connectivity index (χ4n) is 1.86. The van der Waals surface area contributed by atoms with Gasteiger partial charge in [-0.2, -0.15) is 0 Å². The zero-order valence-corrected chi connectivity index (χ0v) is 13.1. The van der Waals surface area contributed by atoms with Gasteiger partial charge < -0.3 is 15.5 Å². The molecule has 0 radical (unpaired) electrons. The molecule has 24 heavy (non-hydrogen) atoms. The van der Waals surface area contributed by atoms with Crippen LogP contribution in [0.1, 0.15) is 12.6 Å². The van der Waals surface area contributed by atoms with Gasteiger partial charge in [-0.3, -0.25) is 10.1 Å². The normalized spacial score (nSPS) is 13.1. The molecular formula is C15H16N4O5. The predicted octanol–water partition coefficient (Wildman–Crippen LogP) is 1.61. The number of aryl methyl sites for hydroxylation is 1. The summed E-state index contributed by atoms with van der Waals surface area (Å²) in [7, 11) is 0. The van der Waals surface area contributed by atoms with Gasteiger partial charge in [0.1, 0.15) is 5.82 Å². The highest BCUT2D eigenvalue weighted by molar-refractivity contribution is 5.77. The molecule has 0 saturated heterocycles. The number of anilines is 1. The average Bonchev–Trinajstić information content (AvgIpc) is 2.52. The quantitative estimate of drug-likeness (QED) is 0.535. The maximum Gasteiger partial charge on any atom is 0.337 e. The first-order valence-electron chi connectivity index (χ1n) is 6.99. The van der Waals surface area contributed by atoms with Crippen LogP contribution in [-0.4, -0.2) is 43.2 Å². The van der Waals surface area contributed by atoms with Gasteiger partial charge in [-0.05, 0) is 26.0 Å². The van der Waals surface area contributed by atoms with E-state index in [2.05, 4.69) is 15.3 Å². The summed E-state index contributed by atoms with van der Waals surface area (Å²) in [6.45, 7) is 2.67. The van der Waals surface area contributed by atoms with Gasteiger partial charge in [-0.1, -0.05) is 0 Å². The molecule has 1 unspecified atom stereocenters. The lowest BCUT2D eigenvalue weighted by atomic mass is 10.1. The molecule has 1 aromatic carbocycles. The number of carboxylic acids is 1. The second kappa shape index (κ2) is 6.59. The number of nitro groups is 1. The van der Waals surface area contributed by atoms with Gasteiger partial charge in [0, 0.05) is 29.5 Å². The molecule has 2 rings (SSSR count). The van der Waals surface area contributed by atoms with Crippen molar-refractivity contribution in [2.24, 2.45) is 0 Å². The summed E-state index contributed by atoms with van der Waals surface area (Å²) in [5.41, 5.74) is -0.776. The largest absolute Gasteiger partial charge is 0.479 e. The second-order valence-electron chi connectivity index (χ2n) is 5.45. The molecule has 0 aliphatic rings. The van der Waals surface area contributed by atoms with Gasteiger partial charge in [-0.15, -0.1) is 0 Å². The Morgan fingerprint density at radius 2 is 1.96 bits per heavy atom. The monoisotopic (exact) mass is 332 g/mol. The standard InChI is InChI=1S/C15H16N4O5/c1-9-7-12(16-8-15(2,22)14(20)21)18-13(17-9)10-3-5-11(6-4-10)19(23)24/h3-7,22H,8H2,1-2H3,(H,20,21)(H,16,17,18). The number of nitro benzene ring substituents is 1. The van der Waals surface area contributed by atoms with Gasteiger partial charge in [0.2, 0.25) is 0 Å². The Labute approximate surface area is 137 Å². The van der Waals surface area contributed by atoms with E-state index in [1.165, 1.54) is 31.2 Å². The number of carboxylic acid groups (broad SMARTS) is 1. The molecule has 1 aromatic heterocycles. The minimum atomic E-state index is -1.94. The van der Waals surface area contributed by atoms with Crippen molar-refractivity contribution in [2.75, 3.05) is 11.9 Å². The number of aliphatic carboxylic acids is 1. The van der Waals surface area contributed by atoms with Crippen LogP contribution in [0.4, 0.5) is 11.5 Å². The van der Waals surface area contributed by atoms with Crippen LogP contribution in [0.25, 0.3) is 11.4 Å². The van der Waals surface area contributed by atoms with Gasteiger partial charge in [0.05, 0.1) is 11.5 Å². The highest BCUT2D eigenvalue weighted by Gasteiger charge is 2.29. The van der Waals surface area contributed by atoms with Crippen LogP contribution in [0.15, 0.2) is 30.3 Å². The number of non-ortho nitro benzene ring substituents is 1. The van der Waals surface area contributed by atoms with E-state index in [9.17, 15) is 20.0 Å². The maximum absolute atomic E-state index is 10.9. The number of hydrogen-bond donors (Lipinski definition) is 3. The summed E-state index contributed by atoms with van der Waals surface area (Å²) in [6.07, 6.45) is 0. The lowest BCUT2D eigenvalue weighted by molar-refractivity contribution is -0.384. The molecule has 2 aromatic rings. The predicted molar refractivity (Wildman–Crippen MR) is 85.6 cm³/mol. The summed E-state index contributed by atoms with van der Waals surface area (Å²) < 4.78 is 0. The third-order valence-electron chi connectivity index (χ3n) is 3.26. The Morgan fingerprint density at radius 3 is 2.50 bits per heavy atom. The number of nitrogens with one attached hydrogen (secondary N) is 1. The molecular weight excluding hydrogens is 316 g/mol. The fourth-order valence-corrected chi connectivity index (χ4v) is 1.86. The van der Waals surface area contributed by atoms with Crippen LogP contribution in [0.5, 0.6) is 0 Å². The Bertz CT molecular complexity index is 774. The van der Waals surface area contributed by atoms with Crippen LogP contribution in [0.2, 0.25) is 0 Å². The number of rotatable bonds is 6. The van der Waals surface area contributed by atoms with Crippen LogP contribution in [-0.2, 0) is 4.79 Å². The zero-order valence-electron chi connectivity index (χ0n) is 13.1. The second-order valence-corrected chi connectivity index (χ2v) is 5.45. The van der Waals surface area contributed by atoms with Crippen molar-refractivity contribution in [3.8, 4) is 11.4 Å². The van der Waals surface area contributed by atoms with Crippen molar-refractivity contribution in [1.82, 2.24) is 9.97 Å². The molecule has 126 valence electrons. The molecule has 0 saturated carbocycles. The minimum absolute atomic E-state index is 0.0396. The van der Waals surface area contributed by atoms with Crippen molar-refractivity contribution in [1.29, 1.82) is 0 Å². The average molecular weight is 332 g/mol. The Kier molecular flexibility index (Phi) is 4.74. The first-order chi connectivity index (χ1) is 11.2. The zero-order chi connectivity index (χ0) is 17.9. The fraction of sp³-hybridized carbons (Fsp3) is 0.267. The minimum Gasteiger partial charge on any atom is -0.479 e. The summed E-state index contributed by atoms with van der Waals surface area (Å²) in [5, 5.41) is 32.1. The van der Waals surface area contributed by atoms with Crippen molar-refractivity contribution in [3.63, 3.8) is 0 Å². The smallest absolute Gasteiger partial charge is 0.337 e. The summed E-state index contributed by atoms with van der Waals surface area (Å²) in [5.74, 6) is -0.670. The molecule has 0 aliphatic carbocycles. The lowest BCUT2D eigenvalue weighted by Crippen LogP contribution is -2.42. The number of nitrogens with zero attached hydrogens (tertiary/aromatic N) is 3. The third kappa shape index (κ3) is 4.02. The van der Waals surface area contributed by atoms with E-state index >= 15 is 0 Å². The number of hydrogen-bond acceptors (Lipinski definition) is 7. The Hall–Kier alpha value is -3.07. The van der Waals surface area contributed by atoms with Gasteiger partial charge in [0.25, 0.3) is 5.69 Å². The molecule has 0 bridgehead atoms. The van der Waals surface area contributed by atoms with Crippen molar-refractivity contribution in [2.45, 2.75) is 19.4 Å². The highest BCUT2D eigenvalue weighted by atomic mass is 16.6. The van der Waals surface area contributed by atoms with E-state index < -0.39 is 16.5 Å². The molecule has 0 aliphatic heterocycles. The molecule has 0 spiro atoms. The number of benzene rings is 1. The summed E-state index contributed by atoms with van der Waals surface area (Å²) in [6, 6.07) is 7.37. The van der Waals surface area contributed by atoms with Crippen molar-refractivity contribution in [3.05, 3.63) is 46.1 Å². The van der Waals surface area contributed by atoms with Gasteiger partial charge in [0.15, 0.2) is 11.4 Å². The van der Waals surface area contributed by atoms with Crippen LogP contribution in [0, 0.1) is 17.0 Å².